The van der Waals surface area contributed by atoms with Crippen LogP contribution in [0.5, 0.6) is 0 Å². The summed E-state index contributed by atoms with van der Waals surface area (Å²) in [5.74, 6) is -0.114. The Bertz CT molecular complexity index is 776. The Labute approximate surface area is 159 Å². The topological polar surface area (TPSA) is 62.6 Å². The summed E-state index contributed by atoms with van der Waals surface area (Å²) < 4.78 is 6.92. The number of hydrogen-bond donors (Lipinski definition) is 1. The lowest BCUT2D eigenvalue weighted by Gasteiger charge is -2.32. The van der Waals surface area contributed by atoms with Crippen LogP contribution in [0.4, 0.5) is 5.69 Å². The van der Waals surface area contributed by atoms with Crippen molar-refractivity contribution in [3.63, 3.8) is 0 Å². The standard InChI is InChI=1S/C20H27N5O2/c1-27-15-20(26)21-12-16-11-19-14-24(9-10-25(19)22-16)18-7-8-23(13-18)17-5-3-2-4-6-17/h2-6,11,18H,7-10,12-15H2,1H3,(H,21,26). The van der Waals surface area contributed by atoms with Crippen LogP contribution in [0.2, 0.25) is 0 Å². The predicted octanol–water partition coefficient (Wildman–Crippen LogP) is 1.24. The molecule has 0 aliphatic carbocycles. The van der Waals surface area contributed by atoms with Crippen LogP contribution >= 0.6 is 0 Å². The SMILES string of the molecule is COCC(=O)NCc1cc2n(n1)CCN(C1CCN(c3ccccc3)C1)C2. The van der Waals surface area contributed by atoms with Gasteiger partial charge in [-0.15, -0.1) is 0 Å². The summed E-state index contributed by atoms with van der Waals surface area (Å²) in [5.41, 5.74) is 3.46. The van der Waals surface area contributed by atoms with Crippen LogP contribution in [0.1, 0.15) is 17.8 Å². The normalized spacial score (nSPS) is 19.9. The van der Waals surface area contributed by atoms with Gasteiger partial charge in [0.15, 0.2) is 0 Å². The Balaban J connectivity index is 1.34. The minimum atomic E-state index is -0.114. The molecule has 2 aliphatic rings. The van der Waals surface area contributed by atoms with Crippen LogP contribution < -0.4 is 10.2 Å². The first-order chi connectivity index (χ1) is 13.2. The molecule has 2 aromatic rings. The van der Waals surface area contributed by atoms with E-state index in [-0.39, 0.29) is 12.5 Å². The smallest absolute Gasteiger partial charge is 0.246 e. The molecule has 1 aromatic carbocycles. The van der Waals surface area contributed by atoms with Gasteiger partial charge in [0.2, 0.25) is 5.91 Å². The molecule has 1 amide bonds. The second kappa shape index (κ2) is 8.10. The molecule has 1 saturated heterocycles. The van der Waals surface area contributed by atoms with Gasteiger partial charge in [0.05, 0.1) is 24.5 Å². The van der Waals surface area contributed by atoms with E-state index < -0.39 is 0 Å². The predicted molar refractivity (Wildman–Crippen MR) is 103 cm³/mol. The highest BCUT2D eigenvalue weighted by atomic mass is 16.5. The van der Waals surface area contributed by atoms with E-state index in [0.717, 1.165) is 38.4 Å². The number of aromatic nitrogens is 2. The summed E-state index contributed by atoms with van der Waals surface area (Å²) in [5, 5.41) is 7.47. The second-order valence-corrected chi connectivity index (χ2v) is 7.25. The van der Waals surface area contributed by atoms with Gasteiger partial charge < -0.3 is 15.0 Å². The Kier molecular flexibility index (Phi) is 5.40. The molecule has 1 fully saturated rings. The lowest BCUT2D eigenvalue weighted by atomic mass is 10.2. The molecular formula is C20H27N5O2. The monoisotopic (exact) mass is 369 g/mol. The van der Waals surface area contributed by atoms with E-state index in [1.165, 1.54) is 24.9 Å². The number of benzene rings is 1. The van der Waals surface area contributed by atoms with Crippen LogP contribution in [0.15, 0.2) is 36.4 Å². The molecule has 7 heteroatoms. The quantitative estimate of drug-likeness (QED) is 0.830. The van der Waals surface area contributed by atoms with E-state index in [9.17, 15) is 4.79 Å². The molecule has 144 valence electrons. The molecule has 3 heterocycles. The second-order valence-electron chi connectivity index (χ2n) is 7.25. The Morgan fingerprint density at radius 1 is 1.26 bits per heavy atom. The van der Waals surface area contributed by atoms with E-state index in [0.29, 0.717) is 12.6 Å². The molecule has 4 rings (SSSR count). The van der Waals surface area contributed by atoms with Crippen molar-refractivity contribution in [3.05, 3.63) is 47.8 Å². The van der Waals surface area contributed by atoms with Gasteiger partial charge in [-0.3, -0.25) is 14.4 Å². The summed E-state index contributed by atoms with van der Waals surface area (Å²) in [6, 6.07) is 13.4. The maximum absolute atomic E-state index is 11.5. The van der Waals surface area contributed by atoms with Gasteiger partial charge in [-0.25, -0.2) is 0 Å². The van der Waals surface area contributed by atoms with E-state index in [2.05, 4.69) is 61.3 Å². The first kappa shape index (κ1) is 18.0. The summed E-state index contributed by atoms with van der Waals surface area (Å²) >= 11 is 0. The largest absolute Gasteiger partial charge is 0.375 e. The summed E-state index contributed by atoms with van der Waals surface area (Å²) in [7, 11) is 1.52. The Hall–Kier alpha value is -2.38. The molecule has 27 heavy (non-hydrogen) atoms. The first-order valence-corrected chi connectivity index (χ1v) is 9.58. The summed E-state index contributed by atoms with van der Waals surface area (Å²) in [6.45, 7) is 5.58. The van der Waals surface area contributed by atoms with Crippen molar-refractivity contribution in [2.45, 2.75) is 32.1 Å². The molecular weight excluding hydrogens is 342 g/mol. The van der Waals surface area contributed by atoms with Crippen molar-refractivity contribution in [3.8, 4) is 0 Å². The van der Waals surface area contributed by atoms with Crippen molar-refractivity contribution in [1.82, 2.24) is 20.0 Å². The van der Waals surface area contributed by atoms with E-state index in [1.807, 2.05) is 0 Å². The number of amides is 1. The molecule has 2 aliphatic heterocycles. The molecule has 1 unspecified atom stereocenters. The Morgan fingerprint density at radius 2 is 2.11 bits per heavy atom. The van der Waals surface area contributed by atoms with Crippen molar-refractivity contribution < 1.29 is 9.53 Å². The van der Waals surface area contributed by atoms with Crippen LogP contribution in [-0.2, 0) is 29.2 Å². The molecule has 1 atom stereocenters. The van der Waals surface area contributed by atoms with Crippen LogP contribution in [0, 0.1) is 0 Å². The highest BCUT2D eigenvalue weighted by Crippen LogP contribution is 2.25. The minimum Gasteiger partial charge on any atom is -0.375 e. The number of hydrogen-bond acceptors (Lipinski definition) is 5. The van der Waals surface area contributed by atoms with Crippen molar-refractivity contribution in [1.29, 1.82) is 0 Å². The van der Waals surface area contributed by atoms with Crippen molar-refractivity contribution >= 4 is 11.6 Å². The maximum atomic E-state index is 11.5. The zero-order valence-electron chi connectivity index (χ0n) is 15.8. The number of methoxy groups -OCH3 is 1. The first-order valence-electron chi connectivity index (χ1n) is 9.58. The molecule has 0 saturated carbocycles. The van der Waals surface area contributed by atoms with Gasteiger partial charge in [-0.2, -0.15) is 5.10 Å². The average molecular weight is 369 g/mol. The van der Waals surface area contributed by atoms with E-state index >= 15 is 0 Å². The van der Waals surface area contributed by atoms with Gasteiger partial charge in [0.1, 0.15) is 6.61 Å². The summed E-state index contributed by atoms with van der Waals surface area (Å²) in [6.07, 6.45) is 1.20. The number of para-hydroxylation sites is 1. The van der Waals surface area contributed by atoms with E-state index in [4.69, 9.17) is 4.74 Å². The average Bonchev–Trinajstić information content (AvgIpc) is 3.33. The highest BCUT2D eigenvalue weighted by Gasteiger charge is 2.30. The minimum absolute atomic E-state index is 0.0843. The Morgan fingerprint density at radius 3 is 2.93 bits per heavy atom. The third-order valence-corrected chi connectivity index (χ3v) is 5.42. The molecule has 0 bridgehead atoms. The zero-order valence-corrected chi connectivity index (χ0v) is 15.8. The van der Waals surface area contributed by atoms with Gasteiger partial charge in [0.25, 0.3) is 0 Å². The van der Waals surface area contributed by atoms with Gasteiger partial charge in [-0.1, -0.05) is 18.2 Å². The van der Waals surface area contributed by atoms with Gasteiger partial charge in [-0.05, 0) is 24.6 Å². The number of rotatable bonds is 6. The van der Waals surface area contributed by atoms with Crippen molar-refractivity contribution in [2.75, 3.05) is 38.3 Å². The molecule has 1 aromatic heterocycles. The number of anilines is 1. The third kappa shape index (κ3) is 4.14. The lowest BCUT2D eigenvalue weighted by Crippen LogP contribution is -2.42. The maximum Gasteiger partial charge on any atom is 0.246 e. The van der Waals surface area contributed by atoms with E-state index in [1.54, 1.807) is 0 Å². The molecule has 0 radical (unpaired) electrons. The van der Waals surface area contributed by atoms with Crippen molar-refractivity contribution in [2.24, 2.45) is 0 Å². The fourth-order valence-electron chi connectivity index (χ4n) is 4.03. The molecule has 1 N–H and O–H groups in total. The number of carbonyl (C=O) groups is 1. The van der Waals surface area contributed by atoms with Gasteiger partial charge >= 0.3 is 0 Å². The zero-order chi connectivity index (χ0) is 18.6. The molecule has 7 nitrogen and oxygen atoms in total. The third-order valence-electron chi connectivity index (χ3n) is 5.42. The number of nitrogens with zero attached hydrogens (tertiary/aromatic N) is 4. The lowest BCUT2D eigenvalue weighted by molar-refractivity contribution is -0.124. The summed E-state index contributed by atoms with van der Waals surface area (Å²) in [4.78, 5) is 16.6. The van der Waals surface area contributed by atoms with Gasteiger partial charge in [0, 0.05) is 45.0 Å². The fourth-order valence-corrected chi connectivity index (χ4v) is 4.03. The highest BCUT2D eigenvalue weighted by molar-refractivity contribution is 5.77. The number of carbonyl (C=O) groups excluding carboxylic acids is 1. The number of ether oxygens (including phenoxy) is 1. The fraction of sp³-hybridized carbons (Fsp3) is 0.500. The van der Waals surface area contributed by atoms with Crippen LogP contribution in [0.3, 0.4) is 0 Å². The number of fused-ring (bicyclic) bond motifs is 1. The van der Waals surface area contributed by atoms with Crippen LogP contribution in [-0.4, -0.2) is 60.0 Å². The van der Waals surface area contributed by atoms with Crippen LogP contribution in [0.25, 0.3) is 0 Å². The molecule has 0 spiro atoms. The number of nitrogens with one attached hydrogen (secondary N) is 1.